The van der Waals surface area contributed by atoms with E-state index in [1.807, 2.05) is 6.07 Å². The molecule has 0 bridgehead atoms. The van der Waals surface area contributed by atoms with Gasteiger partial charge in [0.25, 0.3) is 5.56 Å². The highest BCUT2D eigenvalue weighted by molar-refractivity contribution is 5.21. The molecule has 0 spiro atoms. The smallest absolute Gasteiger partial charge is 0.296 e. The first-order valence-corrected chi connectivity index (χ1v) is 6.41. The van der Waals surface area contributed by atoms with Gasteiger partial charge in [-0.3, -0.25) is 14.3 Å². The second kappa shape index (κ2) is 5.21. The molecule has 2 rings (SSSR count). The van der Waals surface area contributed by atoms with E-state index in [9.17, 15) is 9.59 Å². The molecule has 0 amide bonds. The standard InChI is InChI=1S/C13H17N3O2/c1-2-9-3-5-11(6-4-9)16-8-10(7-14)12(17)15-13(16)18/h8-9,11H,2-6H2,1H3,(H,15,17,18). The van der Waals surface area contributed by atoms with Crippen molar-refractivity contribution in [1.82, 2.24) is 9.55 Å². The number of nitrogens with zero attached hydrogens (tertiary/aromatic N) is 2. The van der Waals surface area contributed by atoms with Crippen molar-refractivity contribution in [1.29, 1.82) is 5.26 Å². The molecule has 1 fully saturated rings. The minimum Gasteiger partial charge on any atom is -0.296 e. The van der Waals surface area contributed by atoms with E-state index in [4.69, 9.17) is 5.26 Å². The van der Waals surface area contributed by atoms with Gasteiger partial charge in [-0.15, -0.1) is 0 Å². The van der Waals surface area contributed by atoms with E-state index in [1.54, 1.807) is 0 Å². The molecule has 96 valence electrons. The quantitative estimate of drug-likeness (QED) is 0.861. The summed E-state index contributed by atoms with van der Waals surface area (Å²) in [5.41, 5.74) is -0.993. The van der Waals surface area contributed by atoms with Gasteiger partial charge in [0.05, 0.1) is 0 Å². The lowest BCUT2D eigenvalue weighted by molar-refractivity contribution is 0.263. The molecule has 0 radical (unpaired) electrons. The number of aromatic amines is 1. The van der Waals surface area contributed by atoms with E-state index in [-0.39, 0.29) is 11.6 Å². The molecule has 18 heavy (non-hydrogen) atoms. The van der Waals surface area contributed by atoms with Crippen molar-refractivity contribution in [2.45, 2.75) is 45.1 Å². The van der Waals surface area contributed by atoms with Crippen LogP contribution in [-0.4, -0.2) is 9.55 Å². The first-order chi connectivity index (χ1) is 8.65. The normalized spacial score (nSPS) is 23.6. The third-order valence-electron chi connectivity index (χ3n) is 3.88. The molecule has 1 aliphatic rings. The second-order valence-electron chi connectivity index (χ2n) is 4.90. The molecule has 0 aromatic carbocycles. The van der Waals surface area contributed by atoms with Crippen LogP contribution in [0.3, 0.4) is 0 Å². The second-order valence-corrected chi connectivity index (χ2v) is 4.90. The van der Waals surface area contributed by atoms with E-state index in [2.05, 4.69) is 11.9 Å². The Hall–Kier alpha value is -1.83. The topological polar surface area (TPSA) is 78.7 Å². The van der Waals surface area contributed by atoms with E-state index < -0.39 is 11.2 Å². The summed E-state index contributed by atoms with van der Waals surface area (Å²) in [7, 11) is 0. The Kier molecular flexibility index (Phi) is 3.66. The van der Waals surface area contributed by atoms with E-state index >= 15 is 0 Å². The molecule has 0 atom stereocenters. The Morgan fingerprint density at radius 2 is 2.06 bits per heavy atom. The zero-order valence-corrected chi connectivity index (χ0v) is 10.5. The van der Waals surface area contributed by atoms with Gasteiger partial charge in [0.2, 0.25) is 0 Å². The van der Waals surface area contributed by atoms with Crippen LogP contribution in [-0.2, 0) is 0 Å². The largest absolute Gasteiger partial charge is 0.328 e. The highest BCUT2D eigenvalue weighted by Crippen LogP contribution is 2.32. The number of hydrogen-bond donors (Lipinski definition) is 1. The summed E-state index contributed by atoms with van der Waals surface area (Å²) in [4.78, 5) is 25.3. The summed E-state index contributed by atoms with van der Waals surface area (Å²) in [5, 5.41) is 8.83. The molecule has 0 unspecified atom stereocenters. The van der Waals surface area contributed by atoms with Crippen LogP contribution in [0.15, 0.2) is 15.8 Å². The van der Waals surface area contributed by atoms with Crippen LogP contribution < -0.4 is 11.2 Å². The van der Waals surface area contributed by atoms with Crippen LogP contribution in [0.1, 0.15) is 50.6 Å². The highest BCUT2D eigenvalue weighted by Gasteiger charge is 2.22. The maximum absolute atomic E-state index is 11.8. The zero-order valence-electron chi connectivity index (χ0n) is 10.5. The number of H-pyrrole nitrogens is 1. The van der Waals surface area contributed by atoms with E-state index in [0.29, 0.717) is 0 Å². The Balaban J connectivity index is 2.27. The van der Waals surface area contributed by atoms with Crippen LogP contribution in [0.2, 0.25) is 0 Å². The highest BCUT2D eigenvalue weighted by atomic mass is 16.2. The first-order valence-electron chi connectivity index (χ1n) is 6.41. The van der Waals surface area contributed by atoms with Gasteiger partial charge in [-0.05, 0) is 31.6 Å². The Morgan fingerprint density at radius 3 is 2.61 bits per heavy atom. The summed E-state index contributed by atoms with van der Waals surface area (Å²) >= 11 is 0. The van der Waals surface area contributed by atoms with E-state index in [1.165, 1.54) is 17.2 Å². The summed E-state index contributed by atoms with van der Waals surface area (Å²) in [6.07, 6.45) is 6.67. The van der Waals surface area contributed by atoms with E-state index in [0.717, 1.165) is 31.6 Å². The van der Waals surface area contributed by atoms with Crippen molar-refractivity contribution in [2.24, 2.45) is 5.92 Å². The average Bonchev–Trinajstić information content (AvgIpc) is 2.39. The van der Waals surface area contributed by atoms with Gasteiger partial charge >= 0.3 is 5.69 Å². The molecule has 5 nitrogen and oxygen atoms in total. The summed E-state index contributed by atoms with van der Waals surface area (Å²) < 4.78 is 1.52. The lowest BCUT2D eigenvalue weighted by Crippen LogP contribution is -2.34. The number of rotatable bonds is 2. The van der Waals surface area contributed by atoms with Gasteiger partial charge in [-0.25, -0.2) is 4.79 Å². The van der Waals surface area contributed by atoms with Crippen molar-refractivity contribution in [3.05, 3.63) is 32.6 Å². The number of hydrogen-bond acceptors (Lipinski definition) is 3. The van der Waals surface area contributed by atoms with Crippen molar-refractivity contribution >= 4 is 0 Å². The SMILES string of the molecule is CCC1CCC(n2cc(C#N)c(=O)[nH]c2=O)CC1. The number of aromatic nitrogens is 2. The molecule has 5 heteroatoms. The third-order valence-corrected chi connectivity index (χ3v) is 3.88. The Bertz CT molecular complexity index is 571. The predicted molar refractivity (Wildman–Crippen MR) is 67.3 cm³/mol. The van der Waals surface area contributed by atoms with Gasteiger partial charge in [0.15, 0.2) is 0 Å². The van der Waals surface area contributed by atoms with Gasteiger partial charge in [-0.2, -0.15) is 5.26 Å². The minimum atomic E-state index is -0.596. The van der Waals surface area contributed by atoms with Gasteiger partial charge in [0.1, 0.15) is 11.6 Å². The maximum atomic E-state index is 11.8. The van der Waals surface area contributed by atoms with Gasteiger partial charge in [-0.1, -0.05) is 13.3 Å². The maximum Gasteiger partial charge on any atom is 0.328 e. The molecule has 1 saturated carbocycles. The molecule has 1 aromatic rings. The van der Waals surface area contributed by atoms with Crippen LogP contribution in [0, 0.1) is 17.2 Å². The van der Waals surface area contributed by atoms with Crippen molar-refractivity contribution in [3.63, 3.8) is 0 Å². The molecular weight excluding hydrogens is 230 g/mol. The lowest BCUT2D eigenvalue weighted by Gasteiger charge is -2.28. The summed E-state index contributed by atoms with van der Waals surface area (Å²) in [6.45, 7) is 2.19. The third kappa shape index (κ3) is 2.37. The fourth-order valence-electron chi connectivity index (χ4n) is 2.67. The molecule has 0 saturated heterocycles. The fourth-order valence-corrected chi connectivity index (χ4v) is 2.67. The summed E-state index contributed by atoms with van der Waals surface area (Å²) in [5.74, 6) is 0.746. The molecule has 1 N–H and O–H groups in total. The first kappa shape index (κ1) is 12.6. The minimum absolute atomic E-state index is 0.00668. The molecule has 1 aliphatic carbocycles. The Morgan fingerprint density at radius 1 is 1.39 bits per heavy atom. The lowest BCUT2D eigenvalue weighted by atomic mass is 9.84. The van der Waals surface area contributed by atoms with Gasteiger partial charge < -0.3 is 0 Å². The fraction of sp³-hybridized carbons (Fsp3) is 0.615. The van der Waals surface area contributed by atoms with Crippen molar-refractivity contribution in [2.75, 3.05) is 0 Å². The van der Waals surface area contributed by atoms with Crippen LogP contribution in [0.25, 0.3) is 0 Å². The Labute approximate surface area is 105 Å². The molecular formula is C13H17N3O2. The van der Waals surface area contributed by atoms with Crippen molar-refractivity contribution in [3.8, 4) is 6.07 Å². The van der Waals surface area contributed by atoms with Crippen LogP contribution >= 0.6 is 0 Å². The number of nitriles is 1. The number of nitrogens with one attached hydrogen (secondary N) is 1. The zero-order chi connectivity index (χ0) is 13.1. The van der Waals surface area contributed by atoms with Crippen LogP contribution in [0.4, 0.5) is 0 Å². The van der Waals surface area contributed by atoms with Gasteiger partial charge in [0, 0.05) is 12.2 Å². The monoisotopic (exact) mass is 247 g/mol. The molecule has 1 heterocycles. The molecule has 1 aromatic heterocycles. The van der Waals surface area contributed by atoms with Crippen LogP contribution in [0.5, 0.6) is 0 Å². The van der Waals surface area contributed by atoms with Crippen molar-refractivity contribution < 1.29 is 0 Å². The predicted octanol–water partition coefficient (Wildman–Crippen LogP) is 1.55. The summed E-state index contributed by atoms with van der Waals surface area (Å²) in [6, 6.07) is 1.93. The molecule has 0 aliphatic heterocycles. The average molecular weight is 247 g/mol.